The number of imide groups is 1. The highest BCUT2D eigenvalue weighted by atomic mass is 32.2. The van der Waals surface area contributed by atoms with E-state index in [1.165, 1.54) is 16.9 Å². The van der Waals surface area contributed by atoms with Gasteiger partial charge in [-0.1, -0.05) is 42.1 Å². The third-order valence-electron chi connectivity index (χ3n) is 5.59. The topological polar surface area (TPSA) is 74.0 Å². The Morgan fingerprint density at radius 2 is 1.93 bits per heavy atom. The Labute approximate surface area is 167 Å². The average molecular weight is 391 g/mol. The van der Waals surface area contributed by atoms with E-state index < -0.39 is 0 Å². The molecule has 2 aliphatic rings. The molecule has 2 atom stereocenters. The number of aromatic nitrogens is 1. The van der Waals surface area contributed by atoms with Gasteiger partial charge in [0.15, 0.2) is 0 Å². The Morgan fingerprint density at radius 3 is 2.79 bits per heavy atom. The van der Waals surface area contributed by atoms with Crippen molar-refractivity contribution in [3.8, 4) is 0 Å². The largest absolute Gasteiger partial charge is 0.382 e. The molecule has 2 aliphatic heterocycles. The number of thioether (sulfide) groups is 1. The van der Waals surface area contributed by atoms with Gasteiger partial charge in [0.25, 0.3) is 5.24 Å². The molecule has 1 aromatic heterocycles. The van der Waals surface area contributed by atoms with E-state index in [1.54, 1.807) is 0 Å². The number of carbonyl (C=O) groups is 2. The molecule has 0 spiro atoms. The molecule has 1 fully saturated rings. The molecular formula is C22H21N3O2S. The molecular weight excluding hydrogens is 370 g/mol. The molecule has 3 heterocycles. The van der Waals surface area contributed by atoms with Crippen LogP contribution in [0.25, 0.3) is 10.9 Å². The SMILES string of the molecule is O=C1NC(=O)C(Cc2cccc3[nH]c(CC4CCc5ccccc5N4)cc23)S1. The monoisotopic (exact) mass is 391 g/mol. The summed E-state index contributed by atoms with van der Waals surface area (Å²) in [6, 6.07) is 17.2. The highest BCUT2D eigenvalue weighted by Gasteiger charge is 2.32. The third kappa shape index (κ3) is 3.29. The fraction of sp³-hybridized carbons (Fsp3) is 0.273. The first-order valence-electron chi connectivity index (χ1n) is 9.61. The first-order valence-corrected chi connectivity index (χ1v) is 10.5. The summed E-state index contributed by atoms with van der Waals surface area (Å²) >= 11 is 1.09. The predicted octanol–water partition coefficient (Wildman–Crippen LogP) is 4.03. The van der Waals surface area contributed by atoms with Gasteiger partial charge in [-0.15, -0.1) is 0 Å². The van der Waals surface area contributed by atoms with Crippen molar-refractivity contribution in [2.75, 3.05) is 5.32 Å². The molecule has 5 rings (SSSR count). The molecule has 28 heavy (non-hydrogen) atoms. The zero-order valence-electron chi connectivity index (χ0n) is 15.3. The third-order valence-corrected chi connectivity index (χ3v) is 6.57. The summed E-state index contributed by atoms with van der Waals surface area (Å²) in [7, 11) is 0. The molecule has 3 aromatic rings. The van der Waals surface area contributed by atoms with Crippen molar-refractivity contribution in [3.63, 3.8) is 0 Å². The number of anilines is 1. The quantitative estimate of drug-likeness (QED) is 0.628. The maximum atomic E-state index is 11.9. The van der Waals surface area contributed by atoms with Gasteiger partial charge >= 0.3 is 0 Å². The predicted molar refractivity (Wildman–Crippen MR) is 113 cm³/mol. The van der Waals surface area contributed by atoms with E-state index in [0.29, 0.717) is 12.5 Å². The second-order valence-corrected chi connectivity index (χ2v) is 8.68. The zero-order chi connectivity index (χ0) is 19.1. The fourth-order valence-corrected chi connectivity index (χ4v) is 5.06. The summed E-state index contributed by atoms with van der Waals surface area (Å²) in [5.74, 6) is -0.187. The minimum absolute atomic E-state index is 0.187. The summed E-state index contributed by atoms with van der Waals surface area (Å²) < 4.78 is 0. The second-order valence-electron chi connectivity index (χ2n) is 7.50. The number of benzene rings is 2. The summed E-state index contributed by atoms with van der Waals surface area (Å²) in [5.41, 5.74) is 6.01. The van der Waals surface area contributed by atoms with Crippen LogP contribution in [0.5, 0.6) is 0 Å². The maximum absolute atomic E-state index is 11.9. The first-order chi connectivity index (χ1) is 13.7. The molecule has 3 N–H and O–H groups in total. The Kier molecular flexibility index (Phi) is 4.36. The smallest absolute Gasteiger partial charge is 0.286 e. The summed E-state index contributed by atoms with van der Waals surface area (Å²) in [5, 5.41) is 6.58. The van der Waals surface area contributed by atoms with Gasteiger partial charge in [-0.25, -0.2) is 0 Å². The van der Waals surface area contributed by atoms with Crippen molar-refractivity contribution >= 4 is 39.5 Å². The van der Waals surface area contributed by atoms with Crippen molar-refractivity contribution in [2.45, 2.75) is 37.0 Å². The summed E-state index contributed by atoms with van der Waals surface area (Å²) in [6.07, 6.45) is 3.70. The molecule has 0 bridgehead atoms. The van der Waals surface area contributed by atoms with Crippen molar-refractivity contribution in [3.05, 3.63) is 65.4 Å². The van der Waals surface area contributed by atoms with Crippen molar-refractivity contribution in [2.24, 2.45) is 0 Å². The van der Waals surface area contributed by atoms with E-state index in [0.717, 1.165) is 47.5 Å². The van der Waals surface area contributed by atoms with E-state index in [-0.39, 0.29) is 16.4 Å². The van der Waals surface area contributed by atoms with Crippen LogP contribution >= 0.6 is 11.8 Å². The Bertz CT molecular complexity index is 1070. The number of aryl methyl sites for hydroxylation is 1. The van der Waals surface area contributed by atoms with Crippen molar-refractivity contribution in [1.82, 2.24) is 10.3 Å². The number of fused-ring (bicyclic) bond motifs is 2. The number of hydrogen-bond acceptors (Lipinski definition) is 4. The molecule has 2 aromatic carbocycles. The van der Waals surface area contributed by atoms with E-state index in [1.807, 2.05) is 12.1 Å². The van der Waals surface area contributed by atoms with Crippen LogP contribution in [0.4, 0.5) is 10.5 Å². The van der Waals surface area contributed by atoms with Gasteiger partial charge in [-0.2, -0.15) is 0 Å². The van der Waals surface area contributed by atoms with Crippen LogP contribution in [-0.4, -0.2) is 27.4 Å². The van der Waals surface area contributed by atoms with Crippen LogP contribution < -0.4 is 10.6 Å². The van der Waals surface area contributed by atoms with Gasteiger partial charge in [0.2, 0.25) is 5.91 Å². The van der Waals surface area contributed by atoms with Crippen LogP contribution in [0.3, 0.4) is 0 Å². The fourth-order valence-electron chi connectivity index (χ4n) is 4.21. The molecule has 1 saturated heterocycles. The molecule has 6 heteroatoms. The van der Waals surface area contributed by atoms with Gasteiger partial charge in [0.05, 0.1) is 5.25 Å². The lowest BCUT2D eigenvalue weighted by molar-refractivity contribution is -0.118. The van der Waals surface area contributed by atoms with Gasteiger partial charge < -0.3 is 10.3 Å². The van der Waals surface area contributed by atoms with Crippen LogP contribution in [0, 0.1) is 0 Å². The molecule has 2 amide bonds. The Morgan fingerprint density at radius 1 is 1.04 bits per heavy atom. The van der Waals surface area contributed by atoms with E-state index >= 15 is 0 Å². The van der Waals surface area contributed by atoms with E-state index in [2.05, 4.69) is 52.0 Å². The minimum Gasteiger partial charge on any atom is -0.382 e. The average Bonchev–Trinajstić information content (AvgIpc) is 3.24. The van der Waals surface area contributed by atoms with Crippen LogP contribution in [-0.2, 0) is 24.1 Å². The maximum Gasteiger partial charge on any atom is 0.286 e. The van der Waals surface area contributed by atoms with E-state index in [4.69, 9.17) is 0 Å². The van der Waals surface area contributed by atoms with Crippen LogP contribution in [0.15, 0.2) is 48.5 Å². The zero-order valence-corrected chi connectivity index (χ0v) is 16.1. The van der Waals surface area contributed by atoms with Gasteiger partial charge in [-0.05, 0) is 48.6 Å². The number of aromatic amines is 1. The molecule has 0 saturated carbocycles. The molecule has 142 valence electrons. The normalized spacial score (nSPS) is 21.4. The van der Waals surface area contributed by atoms with Gasteiger partial charge in [-0.3, -0.25) is 14.9 Å². The highest BCUT2D eigenvalue weighted by molar-refractivity contribution is 8.15. The number of H-pyrrole nitrogens is 1. The summed E-state index contributed by atoms with van der Waals surface area (Å²) in [4.78, 5) is 26.9. The number of rotatable bonds is 4. The van der Waals surface area contributed by atoms with Crippen molar-refractivity contribution in [1.29, 1.82) is 0 Å². The van der Waals surface area contributed by atoms with Crippen LogP contribution in [0.1, 0.15) is 23.2 Å². The molecule has 0 aliphatic carbocycles. The molecule has 5 nitrogen and oxygen atoms in total. The number of amides is 2. The number of nitrogens with one attached hydrogen (secondary N) is 3. The van der Waals surface area contributed by atoms with Crippen molar-refractivity contribution < 1.29 is 9.59 Å². The minimum atomic E-state index is -0.340. The Balaban J connectivity index is 1.36. The lowest BCUT2D eigenvalue weighted by atomic mass is 9.95. The summed E-state index contributed by atoms with van der Waals surface area (Å²) in [6.45, 7) is 0. The Hall–Kier alpha value is -2.73. The second kappa shape index (κ2) is 7.02. The van der Waals surface area contributed by atoms with Gasteiger partial charge in [0, 0.05) is 34.7 Å². The standard InChI is InChI=1S/C22H21N3O2S/c26-21-20(28-22(27)25-21)10-14-5-3-7-19-17(14)12-16(24-19)11-15-9-8-13-4-1-2-6-18(13)23-15/h1-7,12,15,20,23-24H,8-11H2,(H,25,26,27). The molecule has 0 radical (unpaired) electrons. The number of carbonyl (C=O) groups excluding carboxylic acids is 2. The number of para-hydroxylation sites is 1. The van der Waals surface area contributed by atoms with Gasteiger partial charge in [0.1, 0.15) is 0 Å². The molecule has 2 unspecified atom stereocenters. The van der Waals surface area contributed by atoms with E-state index in [9.17, 15) is 9.59 Å². The number of hydrogen-bond donors (Lipinski definition) is 3. The lowest BCUT2D eigenvalue weighted by Crippen LogP contribution is -2.27. The lowest BCUT2D eigenvalue weighted by Gasteiger charge is -2.26. The first kappa shape index (κ1) is 17.4. The van der Waals surface area contributed by atoms with Crippen LogP contribution in [0.2, 0.25) is 0 Å². The highest BCUT2D eigenvalue weighted by Crippen LogP contribution is 2.29.